The predicted molar refractivity (Wildman–Crippen MR) is 155 cm³/mol. The highest BCUT2D eigenvalue weighted by Gasteiger charge is 2.19. The van der Waals surface area contributed by atoms with Gasteiger partial charge in [-0.05, 0) is 67.9 Å². The van der Waals surface area contributed by atoms with E-state index in [0.29, 0.717) is 18.3 Å². The van der Waals surface area contributed by atoms with Crippen molar-refractivity contribution in [3.63, 3.8) is 0 Å². The highest BCUT2D eigenvalue weighted by atomic mass is 32.1. The molecule has 0 amide bonds. The summed E-state index contributed by atoms with van der Waals surface area (Å²) in [6, 6.07) is 6.32. The second kappa shape index (κ2) is 11.7. The molecule has 194 valence electrons. The number of fused-ring (bicyclic) bond motifs is 3. The van der Waals surface area contributed by atoms with Crippen LogP contribution in [0.3, 0.4) is 0 Å². The standard InChI is InChI=1S/C28H35N7S2/c1-4-6-7-23-33-25-26(27-22(11-15-36-27)32-28(25)29)35(23)17-24-31-21(18-37-24)16-34(3)14-10-19(5-2)20-8-12-30-13-9-20/h8-9,11-13,15,18-19H,4-7,10,14,16-17H2,1-3H3,(H2,29,32). The van der Waals surface area contributed by atoms with Crippen LogP contribution in [0.15, 0.2) is 41.4 Å². The van der Waals surface area contributed by atoms with Crippen LogP contribution in [-0.2, 0) is 19.5 Å². The number of aromatic nitrogens is 5. The van der Waals surface area contributed by atoms with Crippen LogP contribution in [0.25, 0.3) is 21.3 Å². The van der Waals surface area contributed by atoms with Crippen LogP contribution in [0.2, 0.25) is 0 Å². The van der Waals surface area contributed by atoms with Gasteiger partial charge in [-0.3, -0.25) is 4.98 Å². The van der Waals surface area contributed by atoms with Crippen molar-refractivity contribution >= 4 is 49.7 Å². The first-order valence-corrected chi connectivity index (χ1v) is 14.9. The second-order valence-corrected chi connectivity index (χ2v) is 11.6. The van der Waals surface area contributed by atoms with Crippen molar-refractivity contribution in [3.05, 3.63) is 63.4 Å². The lowest BCUT2D eigenvalue weighted by Gasteiger charge is -2.20. The van der Waals surface area contributed by atoms with Gasteiger partial charge in [0.1, 0.15) is 16.3 Å². The molecule has 0 aromatic carbocycles. The number of aryl methyl sites for hydroxylation is 1. The number of imidazole rings is 1. The van der Waals surface area contributed by atoms with Crippen molar-refractivity contribution in [3.8, 4) is 0 Å². The molecule has 5 heterocycles. The van der Waals surface area contributed by atoms with Gasteiger partial charge in [0.2, 0.25) is 0 Å². The first-order valence-electron chi connectivity index (χ1n) is 13.1. The van der Waals surface area contributed by atoms with E-state index < -0.39 is 0 Å². The van der Waals surface area contributed by atoms with Gasteiger partial charge in [-0.1, -0.05) is 20.3 Å². The topological polar surface area (TPSA) is 85.8 Å². The van der Waals surface area contributed by atoms with Gasteiger partial charge in [0.05, 0.1) is 28.0 Å². The number of thiophene rings is 1. The molecule has 0 spiro atoms. The number of thiazole rings is 1. The van der Waals surface area contributed by atoms with Crippen molar-refractivity contribution in [1.82, 2.24) is 29.4 Å². The van der Waals surface area contributed by atoms with E-state index in [1.165, 1.54) is 5.56 Å². The van der Waals surface area contributed by atoms with Crippen LogP contribution < -0.4 is 5.73 Å². The number of hydrogen-bond donors (Lipinski definition) is 1. The van der Waals surface area contributed by atoms with Crippen LogP contribution in [0.4, 0.5) is 5.82 Å². The minimum Gasteiger partial charge on any atom is -0.382 e. The van der Waals surface area contributed by atoms with Gasteiger partial charge in [-0.2, -0.15) is 0 Å². The van der Waals surface area contributed by atoms with Crippen molar-refractivity contribution in [2.75, 3.05) is 19.3 Å². The number of pyridine rings is 2. The molecule has 1 unspecified atom stereocenters. The maximum absolute atomic E-state index is 6.34. The van der Waals surface area contributed by atoms with Gasteiger partial charge in [0.15, 0.2) is 5.82 Å². The van der Waals surface area contributed by atoms with Crippen LogP contribution in [0, 0.1) is 0 Å². The largest absolute Gasteiger partial charge is 0.382 e. The molecular formula is C28H35N7S2. The Morgan fingerprint density at radius 2 is 1.92 bits per heavy atom. The Balaban J connectivity index is 1.32. The highest BCUT2D eigenvalue weighted by molar-refractivity contribution is 7.18. The van der Waals surface area contributed by atoms with Crippen molar-refractivity contribution < 1.29 is 0 Å². The Morgan fingerprint density at radius 3 is 2.70 bits per heavy atom. The number of hydrogen-bond acceptors (Lipinski definition) is 8. The van der Waals surface area contributed by atoms with Gasteiger partial charge >= 0.3 is 0 Å². The van der Waals surface area contributed by atoms with E-state index in [9.17, 15) is 0 Å². The lowest BCUT2D eigenvalue weighted by Crippen LogP contribution is -2.21. The summed E-state index contributed by atoms with van der Waals surface area (Å²) in [5, 5.41) is 5.38. The maximum Gasteiger partial charge on any atom is 0.152 e. The van der Waals surface area contributed by atoms with Gasteiger partial charge in [0.25, 0.3) is 0 Å². The molecular weight excluding hydrogens is 498 g/mol. The second-order valence-electron chi connectivity index (χ2n) is 9.69. The Morgan fingerprint density at radius 1 is 1.08 bits per heavy atom. The highest BCUT2D eigenvalue weighted by Crippen LogP contribution is 2.33. The molecule has 1 atom stereocenters. The van der Waals surface area contributed by atoms with E-state index in [0.717, 1.165) is 83.0 Å². The Bertz CT molecular complexity index is 1450. The number of unbranched alkanes of at least 4 members (excludes halogenated alkanes) is 1. The molecule has 5 aromatic rings. The molecule has 5 rings (SSSR count). The fraction of sp³-hybridized carbons (Fsp3) is 0.429. The van der Waals surface area contributed by atoms with Gasteiger partial charge in [0, 0.05) is 30.7 Å². The molecule has 2 N–H and O–H groups in total. The Kier molecular flexibility index (Phi) is 8.12. The molecule has 0 radical (unpaired) electrons. The van der Waals surface area contributed by atoms with Gasteiger partial charge in [-0.15, -0.1) is 22.7 Å². The van der Waals surface area contributed by atoms with E-state index >= 15 is 0 Å². The number of anilines is 1. The predicted octanol–water partition coefficient (Wildman–Crippen LogP) is 6.49. The summed E-state index contributed by atoms with van der Waals surface area (Å²) in [5.41, 5.74) is 11.7. The van der Waals surface area contributed by atoms with Crippen LogP contribution in [0.1, 0.15) is 67.5 Å². The fourth-order valence-corrected chi connectivity index (χ4v) is 6.62. The molecule has 0 saturated heterocycles. The summed E-state index contributed by atoms with van der Waals surface area (Å²) < 4.78 is 3.48. The van der Waals surface area contributed by atoms with E-state index in [1.54, 1.807) is 22.7 Å². The van der Waals surface area contributed by atoms with E-state index in [2.05, 4.69) is 63.2 Å². The van der Waals surface area contributed by atoms with Crippen molar-refractivity contribution in [2.45, 2.75) is 65.0 Å². The van der Waals surface area contributed by atoms with E-state index in [4.69, 9.17) is 15.7 Å². The number of nitrogen functional groups attached to an aromatic ring is 1. The average Bonchev–Trinajstić information content (AvgIpc) is 3.63. The smallest absolute Gasteiger partial charge is 0.152 e. The SMILES string of the molecule is CCCCc1nc2c(N)nc3ccsc3c2n1Cc1nc(CN(C)CCC(CC)c2ccncc2)cs1. The third kappa shape index (κ3) is 5.68. The lowest BCUT2D eigenvalue weighted by molar-refractivity contribution is 0.306. The molecule has 5 aromatic heterocycles. The first-order chi connectivity index (χ1) is 18.1. The quantitative estimate of drug-likeness (QED) is 0.197. The molecule has 0 aliphatic rings. The molecule has 9 heteroatoms. The van der Waals surface area contributed by atoms with Gasteiger partial charge < -0.3 is 15.2 Å². The third-order valence-corrected chi connectivity index (χ3v) is 8.79. The van der Waals surface area contributed by atoms with Crippen LogP contribution in [0.5, 0.6) is 0 Å². The average molecular weight is 534 g/mol. The summed E-state index contributed by atoms with van der Waals surface area (Å²) in [5.74, 6) is 2.14. The zero-order chi connectivity index (χ0) is 25.8. The fourth-order valence-electron chi connectivity index (χ4n) is 4.96. The minimum absolute atomic E-state index is 0.510. The number of nitrogens with zero attached hydrogens (tertiary/aromatic N) is 6. The summed E-state index contributed by atoms with van der Waals surface area (Å²) >= 11 is 3.43. The molecule has 37 heavy (non-hydrogen) atoms. The minimum atomic E-state index is 0.510. The normalized spacial score (nSPS) is 12.8. The van der Waals surface area contributed by atoms with Gasteiger partial charge in [-0.25, -0.2) is 15.0 Å². The molecule has 0 fully saturated rings. The molecule has 0 saturated carbocycles. The number of rotatable bonds is 12. The molecule has 7 nitrogen and oxygen atoms in total. The van der Waals surface area contributed by atoms with Crippen molar-refractivity contribution in [1.29, 1.82) is 0 Å². The van der Waals surface area contributed by atoms with Crippen LogP contribution in [-0.4, -0.2) is 43.0 Å². The molecule has 0 aliphatic carbocycles. The van der Waals surface area contributed by atoms with Crippen LogP contribution >= 0.6 is 22.7 Å². The number of nitrogens with two attached hydrogens (primary N) is 1. The lowest BCUT2D eigenvalue weighted by atomic mass is 9.94. The Hall–Kier alpha value is -2.88. The Labute approximate surface area is 226 Å². The van der Waals surface area contributed by atoms with E-state index in [-0.39, 0.29) is 0 Å². The summed E-state index contributed by atoms with van der Waals surface area (Å²) in [6.45, 7) is 7.07. The zero-order valence-electron chi connectivity index (χ0n) is 21.9. The van der Waals surface area contributed by atoms with Crippen molar-refractivity contribution in [2.24, 2.45) is 0 Å². The molecule has 0 aliphatic heterocycles. The monoisotopic (exact) mass is 533 g/mol. The maximum atomic E-state index is 6.34. The third-order valence-electron chi connectivity index (χ3n) is 7.00. The first kappa shape index (κ1) is 25.8. The summed E-state index contributed by atoms with van der Waals surface area (Å²) in [6.07, 6.45) is 9.19. The van der Waals surface area contributed by atoms with E-state index in [1.807, 2.05) is 18.5 Å². The zero-order valence-corrected chi connectivity index (χ0v) is 23.5. The summed E-state index contributed by atoms with van der Waals surface area (Å²) in [4.78, 5) is 21.1. The summed E-state index contributed by atoms with van der Waals surface area (Å²) in [7, 11) is 2.19. The molecule has 0 bridgehead atoms.